The second-order valence-electron chi connectivity index (χ2n) is 4.74. The summed E-state index contributed by atoms with van der Waals surface area (Å²) in [5.74, 6) is -1.13. The molecule has 0 saturated carbocycles. The van der Waals surface area contributed by atoms with Crippen LogP contribution in [0.25, 0.3) is 0 Å². The maximum atomic E-state index is 11.0. The zero-order valence-electron chi connectivity index (χ0n) is 10.6. The third kappa shape index (κ3) is 3.31. The van der Waals surface area contributed by atoms with Gasteiger partial charge in [-0.15, -0.1) is 0 Å². The van der Waals surface area contributed by atoms with E-state index < -0.39 is 10.9 Å². The maximum absolute atomic E-state index is 11.0. The summed E-state index contributed by atoms with van der Waals surface area (Å²) in [5, 5.41) is 19.7. The van der Waals surface area contributed by atoms with E-state index in [1.54, 1.807) is 0 Å². The highest BCUT2D eigenvalue weighted by molar-refractivity contribution is 5.86. The molecule has 0 radical (unpaired) electrons. The summed E-state index contributed by atoms with van der Waals surface area (Å²) in [6.45, 7) is 3.59. The van der Waals surface area contributed by atoms with Crippen LogP contribution in [0.4, 0.5) is 5.69 Å². The minimum Gasteiger partial charge on any atom is -0.477 e. The molecule has 19 heavy (non-hydrogen) atoms. The van der Waals surface area contributed by atoms with E-state index >= 15 is 0 Å². The first-order valence-electron chi connectivity index (χ1n) is 6.38. The average Bonchev–Trinajstić information content (AvgIpc) is 2.97. The molecule has 1 aliphatic rings. The van der Waals surface area contributed by atoms with Gasteiger partial charge in [-0.25, -0.2) is 4.79 Å². The van der Waals surface area contributed by atoms with Gasteiger partial charge in [-0.3, -0.25) is 10.1 Å². The molecule has 0 amide bonds. The zero-order valence-corrected chi connectivity index (χ0v) is 10.6. The van der Waals surface area contributed by atoms with Crippen molar-refractivity contribution in [1.29, 1.82) is 0 Å². The number of aryl methyl sites for hydroxylation is 1. The molecule has 1 saturated heterocycles. The lowest BCUT2D eigenvalue weighted by molar-refractivity contribution is -0.384. The Kier molecular flexibility index (Phi) is 4.16. The number of carboxylic acids is 1. The Morgan fingerprint density at radius 2 is 2.05 bits per heavy atom. The lowest BCUT2D eigenvalue weighted by atomic mass is 10.3. The van der Waals surface area contributed by atoms with Crippen LogP contribution < -0.4 is 0 Å². The van der Waals surface area contributed by atoms with Crippen LogP contribution in [0.5, 0.6) is 0 Å². The van der Waals surface area contributed by atoms with Gasteiger partial charge in [-0.2, -0.15) is 0 Å². The van der Waals surface area contributed by atoms with E-state index in [2.05, 4.69) is 4.90 Å². The van der Waals surface area contributed by atoms with E-state index in [-0.39, 0.29) is 11.4 Å². The lowest BCUT2D eigenvalue weighted by Crippen LogP contribution is -2.22. The number of carboxylic acid groups (broad SMARTS) is 1. The molecule has 0 unspecified atom stereocenters. The number of hydrogen-bond donors (Lipinski definition) is 1. The van der Waals surface area contributed by atoms with Gasteiger partial charge in [0.15, 0.2) is 0 Å². The van der Waals surface area contributed by atoms with Gasteiger partial charge in [0.05, 0.1) is 11.1 Å². The topological polar surface area (TPSA) is 88.6 Å². The second-order valence-corrected chi connectivity index (χ2v) is 4.74. The van der Waals surface area contributed by atoms with Gasteiger partial charge in [0.2, 0.25) is 0 Å². The van der Waals surface area contributed by atoms with Crippen LogP contribution >= 0.6 is 0 Å². The van der Waals surface area contributed by atoms with Crippen LogP contribution in [0.2, 0.25) is 0 Å². The smallest absolute Gasteiger partial charge is 0.352 e. The monoisotopic (exact) mass is 267 g/mol. The first-order valence-corrected chi connectivity index (χ1v) is 6.38. The van der Waals surface area contributed by atoms with Gasteiger partial charge < -0.3 is 14.6 Å². The van der Waals surface area contributed by atoms with Gasteiger partial charge in [0.25, 0.3) is 5.69 Å². The van der Waals surface area contributed by atoms with Crippen LogP contribution in [0.3, 0.4) is 0 Å². The van der Waals surface area contributed by atoms with Crippen LogP contribution in [0.1, 0.15) is 29.8 Å². The highest BCUT2D eigenvalue weighted by Gasteiger charge is 2.19. The summed E-state index contributed by atoms with van der Waals surface area (Å²) in [7, 11) is 0. The highest BCUT2D eigenvalue weighted by atomic mass is 16.6. The van der Waals surface area contributed by atoms with Gasteiger partial charge in [0.1, 0.15) is 5.69 Å². The third-order valence-electron chi connectivity index (χ3n) is 3.38. The first-order chi connectivity index (χ1) is 9.08. The molecule has 0 bridgehead atoms. The molecule has 1 aromatic heterocycles. The number of likely N-dealkylation sites (tertiary alicyclic amines) is 1. The summed E-state index contributed by atoms with van der Waals surface area (Å²) < 4.78 is 1.45. The van der Waals surface area contributed by atoms with E-state index in [0.29, 0.717) is 6.54 Å². The fraction of sp³-hybridized carbons (Fsp3) is 0.583. The Labute approximate surface area is 110 Å². The Morgan fingerprint density at radius 3 is 2.63 bits per heavy atom. The molecule has 1 fully saturated rings. The van der Waals surface area contributed by atoms with Gasteiger partial charge in [-0.1, -0.05) is 0 Å². The van der Waals surface area contributed by atoms with Gasteiger partial charge >= 0.3 is 5.97 Å². The van der Waals surface area contributed by atoms with Crippen molar-refractivity contribution in [2.45, 2.75) is 25.8 Å². The molecular formula is C12H17N3O4. The molecule has 0 spiro atoms. The molecule has 104 valence electrons. The van der Waals surface area contributed by atoms with E-state index in [9.17, 15) is 14.9 Å². The van der Waals surface area contributed by atoms with Crippen molar-refractivity contribution in [3.05, 3.63) is 28.1 Å². The highest BCUT2D eigenvalue weighted by Crippen LogP contribution is 2.17. The van der Waals surface area contributed by atoms with Crippen molar-refractivity contribution in [2.24, 2.45) is 0 Å². The molecule has 2 rings (SSSR count). The summed E-state index contributed by atoms with van der Waals surface area (Å²) in [4.78, 5) is 23.5. The molecular weight excluding hydrogens is 250 g/mol. The van der Waals surface area contributed by atoms with Crippen LogP contribution in [0, 0.1) is 10.1 Å². The minimum atomic E-state index is -1.13. The number of carbonyl (C=O) groups is 1. The molecule has 2 heterocycles. The number of nitrogens with zero attached hydrogens (tertiary/aromatic N) is 3. The van der Waals surface area contributed by atoms with E-state index in [0.717, 1.165) is 32.1 Å². The summed E-state index contributed by atoms with van der Waals surface area (Å²) >= 11 is 0. The molecule has 7 nitrogen and oxygen atoms in total. The summed E-state index contributed by atoms with van der Waals surface area (Å²) in [6, 6.07) is 1.11. The summed E-state index contributed by atoms with van der Waals surface area (Å²) in [6.07, 6.45) is 4.53. The van der Waals surface area contributed by atoms with Crippen molar-refractivity contribution in [3.8, 4) is 0 Å². The van der Waals surface area contributed by atoms with Crippen molar-refractivity contribution in [2.75, 3.05) is 19.6 Å². The Hall–Kier alpha value is -1.89. The molecule has 0 aliphatic carbocycles. The number of aromatic nitrogens is 1. The first kappa shape index (κ1) is 13.5. The third-order valence-corrected chi connectivity index (χ3v) is 3.38. The van der Waals surface area contributed by atoms with Crippen molar-refractivity contribution < 1.29 is 14.8 Å². The number of hydrogen-bond acceptors (Lipinski definition) is 4. The largest absolute Gasteiger partial charge is 0.477 e. The van der Waals surface area contributed by atoms with Gasteiger partial charge in [0, 0.05) is 12.6 Å². The Bertz CT molecular complexity index is 477. The molecule has 0 atom stereocenters. The second kappa shape index (κ2) is 5.83. The molecule has 7 heteroatoms. The number of aromatic carboxylic acids is 1. The van der Waals surface area contributed by atoms with Crippen molar-refractivity contribution in [3.63, 3.8) is 0 Å². The quantitative estimate of drug-likeness (QED) is 0.624. The van der Waals surface area contributed by atoms with Crippen LogP contribution in [0.15, 0.2) is 12.3 Å². The fourth-order valence-electron chi connectivity index (χ4n) is 2.43. The predicted molar refractivity (Wildman–Crippen MR) is 68.3 cm³/mol. The van der Waals surface area contributed by atoms with E-state index in [4.69, 9.17) is 5.11 Å². The van der Waals surface area contributed by atoms with Crippen LogP contribution in [-0.2, 0) is 6.54 Å². The standard InChI is InChI=1S/C12H17N3O4/c16-12(17)11-8-10(15(18)19)9-14(11)7-3-6-13-4-1-2-5-13/h8-9H,1-7H2,(H,16,17). The normalized spacial score (nSPS) is 15.8. The summed E-state index contributed by atoms with van der Waals surface area (Å²) in [5.41, 5.74) is -0.188. The average molecular weight is 267 g/mol. The van der Waals surface area contributed by atoms with Crippen LogP contribution in [-0.4, -0.2) is 45.1 Å². The van der Waals surface area contributed by atoms with E-state index in [1.807, 2.05) is 0 Å². The maximum Gasteiger partial charge on any atom is 0.352 e. The molecule has 1 aromatic rings. The van der Waals surface area contributed by atoms with Gasteiger partial charge in [-0.05, 0) is 38.9 Å². The van der Waals surface area contributed by atoms with Crippen molar-refractivity contribution >= 4 is 11.7 Å². The van der Waals surface area contributed by atoms with Crippen molar-refractivity contribution in [1.82, 2.24) is 9.47 Å². The molecule has 0 aromatic carbocycles. The van der Waals surface area contributed by atoms with E-state index in [1.165, 1.54) is 23.6 Å². The predicted octanol–water partition coefficient (Wildman–Crippen LogP) is 1.58. The number of rotatable bonds is 6. The molecule has 1 N–H and O–H groups in total. The molecule has 1 aliphatic heterocycles. The number of nitro groups is 1. The Morgan fingerprint density at radius 1 is 1.37 bits per heavy atom. The zero-order chi connectivity index (χ0) is 13.8. The fourth-order valence-corrected chi connectivity index (χ4v) is 2.43. The SMILES string of the molecule is O=C(O)c1cc([N+](=O)[O-])cn1CCCN1CCCC1. The Balaban J connectivity index is 1.97. The lowest BCUT2D eigenvalue weighted by Gasteiger charge is -2.14. The minimum absolute atomic E-state index is 0.0203.